The first-order valence-corrected chi connectivity index (χ1v) is 4.07. The van der Waals surface area contributed by atoms with Crippen LogP contribution in [-0.4, -0.2) is 6.04 Å². The molecule has 0 aliphatic rings. The molecule has 0 heterocycles. The number of hydrogen-bond donors (Lipinski definition) is 1. The van der Waals surface area contributed by atoms with E-state index in [0.717, 1.165) is 5.56 Å². The van der Waals surface area contributed by atoms with Crippen LogP contribution in [0.3, 0.4) is 0 Å². The van der Waals surface area contributed by atoms with Gasteiger partial charge in [0.05, 0.1) is 0 Å². The first-order valence-electron chi connectivity index (χ1n) is 4.07. The number of aryl methyl sites for hydroxylation is 1. The fourth-order valence-corrected chi connectivity index (χ4v) is 1.15. The second-order valence-corrected chi connectivity index (χ2v) is 3.18. The number of nitrogens with two attached hydrogens (primary N) is 1. The maximum absolute atomic E-state index is 13.3. The zero-order chi connectivity index (χ0) is 9.14. The van der Waals surface area contributed by atoms with Crippen molar-refractivity contribution >= 4 is 0 Å². The van der Waals surface area contributed by atoms with Gasteiger partial charge in [-0.15, -0.1) is 0 Å². The van der Waals surface area contributed by atoms with Crippen molar-refractivity contribution in [3.8, 4) is 0 Å². The van der Waals surface area contributed by atoms with Crippen molar-refractivity contribution in [2.45, 2.75) is 26.1 Å². The summed E-state index contributed by atoms with van der Waals surface area (Å²) in [5.74, 6) is 0. The van der Waals surface area contributed by atoms with E-state index in [9.17, 15) is 4.39 Å². The second kappa shape index (κ2) is 3.68. The summed E-state index contributed by atoms with van der Waals surface area (Å²) in [6, 6.07) is 6.94. The monoisotopic (exact) mass is 167 g/mol. The molecule has 66 valence electrons. The van der Waals surface area contributed by atoms with Crippen LogP contribution in [0.4, 0.5) is 4.39 Å². The molecule has 0 spiro atoms. The SMILES string of the molecule is Cc1cccc(C(F)C(C)N)c1. The Hall–Kier alpha value is -0.890. The van der Waals surface area contributed by atoms with Gasteiger partial charge in [0.25, 0.3) is 0 Å². The molecule has 1 nitrogen and oxygen atoms in total. The molecule has 2 unspecified atom stereocenters. The number of halogens is 1. The van der Waals surface area contributed by atoms with Crippen molar-refractivity contribution in [3.05, 3.63) is 35.4 Å². The lowest BCUT2D eigenvalue weighted by Crippen LogP contribution is -2.21. The zero-order valence-corrected chi connectivity index (χ0v) is 7.42. The van der Waals surface area contributed by atoms with E-state index in [2.05, 4.69) is 0 Å². The summed E-state index contributed by atoms with van der Waals surface area (Å²) < 4.78 is 13.3. The summed E-state index contributed by atoms with van der Waals surface area (Å²) in [5.41, 5.74) is 7.18. The van der Waals surface area contributed by atoms with Crippen LogP contribution in [0.1, 0.15) is 24.2 Å². The number of alkyl halides is 1. The van der Waals surface area contributed by atoms with Gasteiger partial charge < -0.3 is 5.73 Å². The summed E-state index contributed by atoms with van der Waals surface area (Å²) >= 11 is 0. The molecule has 2 heteroatoms. The molecule has 0 aliphatic carbocycles. The predicted octanol–water partition coefficient (Wildman–Crippen LogP) is 2.35. The van der Waals surface area contributed by atoms with Crippen LogP contribution in [0.2, 0.25) is 0 Å². The van der Waals surface area contributed by atoms with Gasteiger partial charge in [-0.1, -0.05) is 29.8 Å². The summed E-state index contributed by atoms with van der Waals surface area (Å²) in [6.45, 7) is 3.62. The smallest absolute Gasteiger partial charge is 0.140 e. The maximum atomic E-state index is 13.3. The van der Waals surface area contributed by atoms with E-state index in [1.54, 1.807) is 13.0 Å². The molecule has 2 N–H and O–H groups in total. The molecule has 0 amide bonds. The van der Waals surface area contributed by atoms with E-state index in [1.807, 2.05) is 25.1 Å². The van der Waals surface area contributed by atoms with E-state index < -0.39 is 12.2 Å². The summed E-state index contributed by atoms with van der Waals surface area (Å²) in [6.07, 6.45) is -1.05. The van der Waals surface area contributed by atoms with E-state index in [-0.39, 0.29) is 0 Å². The van der Waals surface area contributed by atoms with E-state index in [4.69, 9.17) is 5.73 Å². The first-order chi connectivity index (χ1) is 5.61. The van der Waals surface area contributed by atoms with Gasteiger partial charge in [0.1, 0.15) is 6.17 Å². The number of hydrogen-bond acceptors (Lipinski definition) is 1. The molecule has 0 bridgehead atoms. The van der Waals surface area contributed by atoms with Crippen LogP contribution in [0, 0.1) is 6.92 Å². The van der Waals surface area contributed by atoms with Gasteiger partial charge in [0, 0.05) is 6.04 Å². The molecule has 0 fully saturated rings. The standard InChI is InChI=1S/C10H14FN/c1-7-4-3-5-9(6-7)10(11)8(2)12/h3-6,8,10H,12H2,1-2H3. The normalized spacial score (nSPS) is 15.7. The van der Waals surface area contributed by atoms with Crippen molar-refractivity contribution in [2.75, 3.05) is 0 Å². The molecule has 1 aromatic carbocycles. The Morgan fingerprint density at radius 3 is 2.58 bits per heavy atom. The Morgan fingerprint density at radius 1 is 1.42 bits per heavy atom. The predicted molar refractivity (Wildman–Crippen MR) is 48.7 cm³/mol. The highest BCUT2D eigenvalue weighted by molar-refractivity contribution is 5.24. The lowest BCUT2D eigenvalue weighted by molar-refractivity contribution is 0.300. The van der Waals surface area contributed by atoms with Crippen molar-refractivity contribution in [2.24, 2.45) is 5.73 Å². The van der Waals surface area contributed by atoms with Crippen molar-refractivity contribution < 1.29 is 4.39 Å². The van der Waals surface area contributed by atoms with Gasteiger partial charge in [0.15, 0.2) is 0 Å². The third-order valence-electron chi connectivity index (χ3n) is 1.82. The highest BCUT2D eigenvalue weighted by Crippen LogP contribution is 2.20. The van der Waals surface area contributed by atoms with E-state index in [1.165, 1.54) is 0 Å². The Labute approximate surface area is 72.4 Å². The Bertz CT molecular complexity index is 258. The molecule has 1 aromatic rings. The molecule has 1 rings (SSSR count). The third-order valence-corrected chi connectivity index (χ3v) is 1.82. The van der Waals surface area contributed by atoms with Gasteiger partial charge in [0.2, 0.25) is 0 Å². The molecule has 0 aromatic heterocycles. The highest BCUT2D eigenvalue weighted by Gasteiger charge is 2.13. The quantitative estimate of drug-likeness (QED) is 0.719. The molecular formula is C10H14FN. The Balaban J connectivity index is 2.88. The molecule has 0 saturated heterocycles. The molecule has 0 saturated carbocycles. The average molecular weight is 167 g/mol. The summed E-state index contributed by atoms with van der Waals surface area (Å²) in [5, 5.41) is 0. The maximum Gasteiger partial charge on any atom is 0.140 e. The molecule has 12 heavy (non-hydrogen) atoms. The molecule has 0 aliphatic heterocycles. The second-order valence-electron chi connectivity index (χ2n) is 3.18. The minimum atomic E-state index is -1.05. The van der Waals surface area contributed by atoms with Crippen LogP contribution in [0.5, 0.6) is 0 Å². The van der Waals surface area contributed by atoms with Gasteiger partial charge in [-0.2, -0.15) is 0 Å². The van der Waals surface area contributed by atoms with Gasteiger partial charge in [-0.25, -0.2) is 4.39 Å². The van der Waals surface area contributed by atoms with Crippen LogP contribution >= 0.6 is 0 Å². The van der Waals surface area contributed by atoms with E-state index in [0.29, 0.717) is 5.56 Å². The summed E-state index contributed by atoms with van der Waals surface area (Å²) in [7, 11) is 0. The van der Waals surface area contributed by atoms with Gasteiger partial charge >= 0.3 is 0 Å². The Morgan fingerprint density at radius 2 is 2.08 bits per heavy atom. The Kier molecular flexibility index (Phi) is 2.82. The molecule has 2 atom stereocenters. The molecule has 0 radical (unpaired) electrons. The summed E-state index contributed by atoms with van der Waals surface area (Å²) in [4.78, 5) is 0. The lowest BCUT2D eigenvalue weighted by atomic mass is 10.0. The van der Waals surface area contributed by atoms with Crippen LogP contribution in [-0.2, 0) is 0 Å². The van der Waals surface area contributed by atoms with Gasteiger partial charge in [-0.3, -0.25) is 0 Å². The van der Waals surface area contributed by atoms with Gasteiger partial charge in [-0.05, 0) is 19.4 Å². The largest absolute Gasteiger partial charge is 0.325 e. The highest BCUT2D eigenvalue weighted by atomic mass is 19.1. The lowest BCUT2D eigenvalue weighted by Gasteiger charge is -2.12. The van der Waals surface area contributed by atoms with E-state index >= 15 is 0 Å². The minimum Gasteiger partial charge on any atom is -0.325 e. The van der Waals surface area contributed by atoms with Crippen LogP contribution in [0.25, 0.3) is 0 Å². The number of benzene rings is 1. The van der Waals surface area contributed by atoms with Crippen LogP contribution < -0.4 is 5.73 Å². The average Bonchev–Trinajstić information content (AvgIpc) is 2.03. The van der Waals surface area contributed by atoms with Crippen molar-refractivity contribution in [1.82, 2.24) is 0 Å². The topological polar surface area (TPSA) is 26.0 Å². The molecular weight excluding hydrogens is 153 g/mol. The minimum absolute atomic E-state index is 0.438. The third kappa shape index (κ3) is 2.05. The number of rotatable bonds is 2. The fourth-order valence-electron chi connectivity index (χ4n) is 1.15. The first kappa shape index (κ1) is 9.20. The zero-order valence-electron chi connectivity index (χ0n) is 7.42. The fraction of sp³-hybridized carbons (Fsp3) is 0.400. The van der Waals surface area contributed by atoms with Crippen LogP contribution in [0.15, 0.2) is 24.3 Å². The van der Waals surface area contributed by atoms with Crippen molar-refractivity contribution in [1.29, 1.82) is 0 Å². The van der Waals surface area contributed by atoms with Crippen molar-refractivity contribution in [3.63, 3.8) is 0 Å².